The lowest BCUT2D eigenvalue weighted by Gasteiger charge is -2.35. The van der Waals surface area contributed by atoms with Crippen molar-refractivity contribution in [3.8, 4) is 5.88 Å². The van der Waals surface area contributed by atoms with E-state index in [1.54, 1.807) is 13.0 Å². The van der Waals surface area contributed by atoms with Gasteiger partial charge in [-0.1, -0.05) is 0 Å². The van der Waals surface area contributed by atoms with Crippen molar-refractivity contribution in [1.82, 2.24) is 9.88 Å². The van der Waals surface area contributed by atoms with Gasteiger partial charge in [-0.25, -0.2) is 0 Å². The predicted molar refractivity (Wildman–Crippen MR) is 85.4 cm³/mol. The van der Waals surface area contributed by atoms with Gasteiger partial charge in [0.05, 0.1) is 17.2 Å². The van der Waals surface area contributed by atoms with E-state index in [0.717, 1.165) is 18.9 Å². The van der Waals surface area contributed by atoms with Crippen LogP contribution in [-0.4, -0.2) is 63.8 Å². The highest BCUT2D eigenvalue weighted by atomic mass is 32.2. The van der Waals surface area contributed by atoms with Gasteiger partial charge in [0.15, 0.2) is 0 Å². The van der Waals surface area contributed by atoms with Crippen molar-refractivity contribution in [3.05, 3.63) is 12.1 Å². The first-order valence-corrected chi connectivity index (χ1v) is 8.80. The van der Waals surface area contributed by atoms with E-state index in [1.165, 1.54) is 0 Å². The molecule has 0 spiro atoms. The van der Waals surface area contributed by atoms with Crippen molar-refractivity contribution in [3.63, 3.8) is 0 Å². The van der Waals surface area contributed by atoms with Crippen LogP contribution in [0.3, 0.4) is 0 Å². The summed E-state index contributed by atoms with van der Waals surface area (Å²) in [6.45, 7) is 4.46. The fourth-order valence-electron chi connectivity index (χ4n) is 2.55. The van der Waals surface area contributed by atoms with Crippen LogP contribution in [0.5, 0.6) is 5.88 Å². The molecule has 1 aromatic rings. The van der Waals surface area contributed by atoms with Crippen LogP contribution in [0.2, 0.25) is 0 Å². The topological polar surface area (TPSA) is 88.8 Å². The Balaban J connectivity index is 1.67. The van der Waals surface area contributed by atoms with Gasteiger partial charge in [0.25, 0.3) is 0 Å². The lowest BCUT2D eigenvalue weighted by atomic mass is 10.3. The summed E-state index contributed by atoms with van der Waals surface area (Å²) in [5.74, 6) is 2.40. The first-order valence-electron chi connectivity index (χ1n) is 7.31. The van der Waals surface area contributed by atoms with Gasteiger partial charge >= 0.3 is 0 Å². The highest BCUT2D eigenvalue weighted by Crippen LogP contribution is 2.26. The van der Waals surface area contributed by atoms with E-state index >= 15 is 0 Å². The lowest BCUT2D eigenvalue weighted by Crippen LogP contribution is -2.48. The van der Waals surface area contributed by atoms with E-state index in [0.29, 0.717) is 36.2 Å². The van der Waals surface area contributed by atoms with Crippen LogP contribution in [0.1, 0.15) is 6.92 Å². The van der Waals surface area contributed by atoms with E-state index in [-0.39, 0.29) is 12.0 Å². The Hall–Kier alpha value is -1.83. The van der Waals surface area contributed by atoms with E-state index in [1.807, 2.05) is 11.0 Å². The molecule has 0 radical (unpaired) electrons. The summed E-state index contributed by atoms with van der Waals surface area (Å²) in [5.41, 5.74) is 6.40. The SMILES string of the molecule is CC(=O)N1CCN(c2ccc(N)c(OC3CS(=O)C3)n2)CC1. The molecule has 0 bridgehead atoms. The zero-order valence-corrected chi connectivity index (χ0v) is 13.3. The van der Waals surface area contributed by atoms with Crippen LogP contribution in [0.15, 0.2) is 12.1 Å². The molecule has 2 aliphatic heterocycles. The number of ether oxygens (including phenoxy) is 1. The van der Waals surface area contributed by atoms with Gasteiger partial charge in [-0.3, -0.25) is 9.00 Å². The maximum absolute atomic E-state index is 11.4. The summed E-state index contributed by atoms with van der Waals surface area (Å²) in [4.78, 5) is 19.8. The molecule has 3 rings (SSSR count). The van der Waals surface area contributed by atoms with Crippen molar-refractivity contribution in [2.75, 3.05) is 48.3 Å². The maximum Gasteiger partial charge on any atom is 0.239 e. The van der Waals surface area contributed by atoms with Gasteiger partial charge < -0.3 is 20.3 Å². The molecule has 2 fully saturated rings. The summed E-state index contributed by atoms with van der Waals surface area (Å²) in [5, 5.41) is 0. The van der Waals surface area contributed by atoms with E-state index in [9.17, 15) is 9.00 Å². The molecular weight excluding hydrogens is 304 g/mol. The molecule has 0 unspecified atom stereocenters. The standard InChI is InChI=1S/C14H20N4O3S/c1-10(19)17-4-6-18(7-5-17)13-3-2-12(15)14(16-13)21-11-8-22(20)9-11/h2-3,11H,4-9,15H2,1H3. The highest BCUT2D eigenvalue weighted by molar-refractivity contribution is 7.86. The normalized spacial score (nSPS) is 24.8. The smallest absolute Gasteiger partial charge is 0.239 e. The summed E-state index contributed by atoms with van der Waals surface area (Å²) in [7, 11) is -0.762. The number of nitrogen functional groups attached to an aromatic ring is 1. The summed E-state index contributed by atoms with van der Waals surface area (Å²) < 4.78 is 16.8. The molecule has 1 amide bonds. The Bertz CT molecular complexity index is 594. The van der Waals surface area contributed by atoms with Crippen molar-refractivity contribution in [1.29, 1.82) is 0 Å². The molecule has 22 heavy (non-hydrogen) atoms. The monoisotopic (exact) mass is 324 g/mol. The van der Waals surface area contributed by atoms with Gasteiger partial charge in [-0.15, -0.1) is 0 Å². The van der Waals surface area contributed by atoms with Crippen LogP contribution in [-0.2, 0) is 15.6 Å². The Morgan fingerprint density at radius 2 is 2.00 bits per heavy atom. The van der Waals surface area contributed by atoms with Crippen LogP contribution in [0, 0.1) is 0 Å². The van der Waals surface area contributed by atoms with Crippen molar-refractivity contribution >= 4 is 28.2 Å². The summed E-state index contributed by atoms with van der Waals surface area (Å²) in [6, 6.07) is 3.65. The fourth-order valence-corrected chi connectivity index (χ4v) is 3.42. The number of nitrogens with zero attached hydrogens (tertiary/aromatic N) is 3. The van der Waals surface area contributed by atoms with Crippen LogP contribution < -0.4 is 15.4 Å². The van der Waals surface area contributed by atoms with Crippen LogP contribution in [0.4, 0.5) is 11.5 Å². The van der Waals surface area contributed by atoms with Gasteiger partial charge in [0, 0.05) is 43.9 Å². The minimum atomic E-state index is -0.762. The average molecular weight is 324 g/mol. The quantitative estimate of drug-likeness (QED) is 0.831. The second-order valence-electron chi connectivity index (χ2n) is 5.57. The van der Waals surface area contributed by atoms with Crippen LogP contribution in [0.25, 0.3) is 0 Å². The molecule has 2 N–H and O–H groups in total. The molecule has 0 atom stereocenters. The van der Waals surface area contributed by atoms with Crippen molar-refractivity contribution < 1.29 is 13.7 Å². The number of carbonyl (C=O) groups is 1. The largest absolute Gasteiger partial charge is 0.471 e. The zero-order valence-electron chi connectivity index (χ0n) is 12.5. The Morgan fingerprint density at radius 3 is 2.59 bits per heavy atom. The number of anilines is 2. The number of carbonyl (C=O) groups excluding carboxylic acids is 1. The Kier molecular flexibility index (Phi) is 4.19. The number of piperazine rings is 1. The molecule has 8 heteroatoms. The summed E-state index contributed by atoms with van der Waals surface area (Å²) in [6.07, 6.45) is -0.0551. The number of hydrogen-bond acceptors (Lipinski definition) is 6. The number of hydrogen-bond donors (Lipinski definition) is 1. The molecule has 3 heterocycles. The van der Waals surface area contributed by atoms with Gasteiger partial charge in [0.1, 0.15) is 11.9 Å². The summed E-state index contributed by atoms with van der Waals surface area (Å²) >= 11 is 0. The van der Waals surface area contributed by atoms with Crippen molar-refractivity contribution in [2.24, 2.45) is 0 Å². The van der Waals surface area contributed by atoms with Crippen molar-refractivity contribution in [2.45, 2.75) is 13.0 Å². The minimum Gasteiger partial charge on any atom is -0.471 e. The third kappa shape index (κ3) is 3.16. The molecule has 2 aliphatic rings. The first-order chi connectivity index (χ1) is 10.5. The molecular formula is C14H20N4O3S. The molecule has 2 saturated heterocycles. The highest BCUT2D eigenvalue weighted by Gasteiger charge is 2.28. The number of aromatic nitrogens is 1. The second kappa shape index (κ2) is 6.12. The first kappa shape index (κ1) is 15.1. The zero-order chi connectivity index (χ0) is 15.7. The third-order valence-electron chi connectivity index (χ3n) is 3.95. The number of amides is 1. The third-order valence-corrected chi connectivity index (χ3v) is 5.43. The second-order valence-corrected chi connectivity index (χ2v) is 7.12. The number of nitrogens with two attached hydrogens (primary N) is 1. The van der Waals surface area contributed by atoms with E-state index in [2.05, 4.69) is 9.88 Å². The maximum atomic E-state index is 11.4. The minimum absolute atomic E-state index is 0.0551. The lowest BCUT2D eigenvalue weighted by molar-refractivity contribution is -0.129. The molecule has 7 nitrogen and oxygen atoms in total. The van der Waals surface area contributed by atoms with Gasteiger partial charge in [-0.05, 0) is 12.1 Å². The van der Waals surface area contributed by atoms with Crippen LogP contribution >= 0.6 is 0 Å². The van der Waals surface area contributed by atoms with E-state index < -0.39 is 10.8 Å². The molecule has 120 valence electrons. The van der Waals surface area contributed by atoms with Gasteiger partial charge in [0.2, 0.25) is 11.8 Å². The fraction of sp³-hybridized carbons (Fsp3) is 0.571. The predicted octanol–water partition coefficient (Wildman–Crippen LogP) is -0.158. The molecule has 0 saturated carbocycles. The van der Waals surface area contributed by atoms with Gasteiger partial charge in [-0.2, -0.15) is 4.98 Å². The number of rotatable bonds is 3. The number of pyridine rings is 1. The molecule has 0 aliphatic carbocycles. The Labute approximate surface area is 131 Å². The van der Waals surface area contributed by atoms with E-state index in [4.69, 9.17) is 10.5 Å². The molecule has 1 aromatic heterocycles. The Morgan fingerprint density at radius 1 is 1.32 bits per heavy atom. The molecule has 0 aromatic carbocycles. The average Bonchev–Trinajstić information content (AvgIpc) is 2.48.